The van der Waals surface area contributed by atoms with Crippen molar-refractivity contribution in [2.24, 2.45) is 5.41 Å². The fourth-order valence-corrected chi connectivity index (χ4v) is 4.17. The van der Waals surface area contributed by atoms with E-state index in [0.717, 1.165) is 50.2 Å². The number of hydrogen-bond acceptors (Lipinski definition) is 6. The van der Waals surface area contributed by atoms with Crippen LogP contribution in [0.2, 0.25) is 0 Å². The first-order chi connectivity index (χ1) is 17.8. The van der Waals surface area contributed by atoms with Gasteiger partial charge in [-0.15, -0.1) is 0 Å². The maximum atomic E-state index is 12.4. The number of amides is 1. The van der Waals surface area contributed by atoms with Gasteiger partial charge in [-0.05, 0) is 25.1 Å². The predicted octanol–water partition coefficient (Wildman–Crippen LogP) is 5.04. The third-order valence-corrected chi connectivity index (χ3v) is 6.20. The molecule has 37 heavy (non-hydrogen) atoms. The van der Waals surface area contributed by atoms with Gasteiger partial charge in [0, 0.05) is 45.9 Å². The lowest BCUT2D eigenvalue weighted by Gasteiger charge is -2.17. The highest BCUT2D eigenvalue weighted by molar-refractivity contribution is 5.98. The number of H-pyrrole nitrogens is 2. The van der Waals surface area contributed by atoms with E-state index >= 15 is 0 Å². The summed E-state index contributed by atoms with van der Waals surface area (Å²) in [5, 5.41) is 12.4. The number of carbonyl (C=O) groups excluding carboxylic acids is 1. The second kappa shape index (κ2) is 8.37. The Hall–Kier alpha value is -4.86. The summed E-state index contributed by atoms with van der Waals surface area (Å²) in [6.07, 6.45) is 12.5. The highest BCUT2D eigenvalue weighted by atomic mass is 16.2. The first kappa shape index (κ1) is 22.6. The van der Waals surface area contributed by atoms with Gasteiger partial charge in [0.2, 0.25) is 5.91 Å². The van der Waals surface area contributed by atoms with Crippen molar-refractivity contribution in [2.75, 3.05) is 5.32 Å². The molecule has 0 radical (unpaired) electrons. The molecular weight excluding hydrogens is 466 g/mol. The molecule has 0 aliphatic rings. The Bertz CT molecular complexity index is 1780. The number of nitrogens with one attached hydrogen (secondary N) is 3. The van der Waals surface area contributed by atoms with Gasteiger partial charge in [0.25, 0.3) is 0 Å². The fraction of sp³-hybridized carbons (Fsp3) is 0.185. The Kier molecular flexibility index (Phi) is 5.11. The number of aromatic nitrogens is 8. The summed E-state index contributed by atoms with van der Waals surface area (Å²) in [6, 6.07) is 5.98. The van der Waals surface area contributed by atoms with Gasteiger partial charge in [-0.2, -0.15) is 5.10 Å². The Morgan fingerprint density at radius 3 is 2.54 bits per heavy atom. The third kappa shape index (κ3) is 4.12. The summed E-state index contributed by atoms with van der Waals surface area (Å²) in [7, 11) is 0. The first-order valence-electron chi connectivity index (χ1n) is 11.9. The molecule has 0 spiro atoms. The Morgan fingerprint density at radius 2 is 1.76 bits per heavy atom. The van der Waals surface area contributed by atoms with Crippen LogP contribution in [0.4, 0.5) is 5.69 Å². The van der Waals surface area contributed by atoms with E-state index in [1.807, 2.05) is 56.8 Å². The minimum atomic E-state index is -0.506. The van der Waals surface area contributed by atoms with Gasteiger partial charge in [-0.1, -0.05) is 20.8 Å². The lowest BCUT2D eigenvalue weighted by atomic mass is 9.95. The van der Waals surface area contributed by atoms with E-state index in [-0.39, 0.29) is 5.91 Å². The van der Waals surface area contributed by atoms with Crippen LogP contribution < -0.4 is 5.32 Å². The van der Waals surface area contributed by atoms with Gasteiger partial charge in [-0.3, -0.25) is 19.9 Å². The number of carbonyl (C=O) groups is 1. The number of fused-ring (bicyclic) bond motifs is 2. The zero-order valence-electron chi connectivity index (χ0n) is 20.9. The first-order valence-corrected chi connectivity index (χ1v) is 11.9. The van der Waals surface area contributed by atoms with Crippen LogP contribution >= 0.6 is 0 Å². The van der Waals surface area contributed by atoms with Crippen LogP contribution in [0.15, 0.2) is 61.7 Å². The second-order valence-corrected chi connectivity index (χ2v) is 10.1. The predicted molar refractivity (Wildman–Crippen MR) is 142 cm³/mol. The number of pyridine rings is 3. The van der Waals surface area contributed by atoms with Gasteiger partial charge in [0.1, 0.15) is 5.69 Å². The van der Waals surface area contributed by atoms with Gasteiger partial charge in [0.05, 0.1) is 53.2 Å². The summed E-state index contributed by atoms with van der Waals surface area (Å²) < 4.78 is 1.96. The average Bonchev–Trinajstić information content (AvgIpc) is 3.60. The molecule has 3 N–H and O–H groups in total. The number of aryl methyl sites for hydroxylation is 1. The van der Waals surface area contributed by atoms with Gasteiger partial charge in [-0.25, -0.2) is 9.97 Å². The normalized spacial score (nSPS) is 11.9. The van der Waals surface area contributed by atoms with E-state index in [0.29, 0.717) is 11.3 Å². The van der Waals surface area contributed by atoms with E-state index in [4.69, 9.17) is 0 Å². The van der Waals surface area contributed by atoms with Gasteiger partial charge in [0.15, 0.2) is 5.65 Å². The summed E-state index contributed by atoms with van der Waals surface area (Å²) in [5.41, 5.74) is 6.85. The lowest BCUT2D eigenvalue weighted by molar-refractivity contribution is -0.123. The molecule has 0 aliphatic heterocycles. The molecule has 10 heteroatoms. The molecule has 6 heterocycles. The maximum absolute atomic E-state index is 12.4. The molecule has 0 aromatic carbocycles. The molecule has 6 aromatic heterocycles. The van der Waals surface area contributed by atoms with Crippen molar-refractivity contribution in [1.82, 2.24) is 39.7 Å². The topological polar surface area (TPSA) is 130 Å². The maximum Gasteiger partial charge on any atom is 0.229 e. The van der Waals surface area contributed by atoms with Crippen molar-refractivity contribution in [3.8, 4) is 28.2 Å². The van der Waals surface area contributed by atoms with E-state index in [2.05, 4.69) is 46.5 Å². The SMILES string of the molecule is Cc1cn(-c2cncc3[nH]c(-c4n[nH]c5ncc(-c6cncc(NC(=O)C(C)(C)C)c6)cc45)cc23)cn1. The van der Waals surface area contributed by atoms with Crippen LogP contribution in [0.1, 0.15) is 26.5 Å². The number of imidazole rings is 1. The van der Waals surface area contributed by atoms with Crippen LogP contribution in [0, 0.1) is 12.3 Å². The molecule has 6 rings (SSSR count). The minimum absolute atomic E-state index is 0.0735. The second-order valence-electron chi connectivity index (χ2n) is 10.1. The van der Waals surface area contributed by atoms with Crippen LogP contribution in [0.5, 0.6) is 0 Å². The van der Waals surface area contributed by atoms with Crippen molar-refractivity contribution in [2.45, 2.75) is 27.7 Å². The van der Waals surface area contributed by atoms with E-state index in [1.165, 1.54) is 0 Å². The molecule has 0 fully saturated rings. The fourth-order valence-electron chi connectivity index (χ4n) is 4.17. The standard InChI is InChI=1S/C27H25N9O/c1-15-13-36(14-31-15)23-12-29-11-22-19(23)7-21(33-22)24-20-6-17(9-30-25(20)35-34-24)16-5-18(10-28-8-16)32-26(37)27(2,3)4/h5-14,33H,1-4H3,(H,32,37)(H,30,34,35). The zero-order valence-corrected chi connectivity index (χ0v) is 20.9. The van der Waals surface area contributed by atoms with Gasteiger partial charge < -0.3 is 14.9 Å². The van der Waals surface area contributed by atoms with Crippen molar-refractivity contribution < 1.29 is 4.79 Å². The van der Waals surface area contributed by atoms with Crippen molar-refractivity contribution in [3.63, 3.8) is 0 Å². The highest BCUT2D eigenvalue weighted by Gasteiger charge is 2.21. The molecule has 1 amide bonds. The van der Waals surface area contributed by atoms with Gasteiger partial charge >= 0.3 is 0 Å². The monoisotopic (exact) mass is 491 g/mol. The Balaban J connectivity index is 1.40. The van der Waals surface area contributed by atoms with E-state index in [1.54, 1.807) is 31.1 Å². The lowest BCUT2D eigenvalue weighted by Crippen LogP contribution is -2.27. The average molecular weight is 492 g/mol. The van der Waals surface area contributed by atoms with Crippen LogP contribution in [0.3, 0.4) is 0 Å². The highest BCUT2D eigenvalue weighted by Crippen LogP contribution is 2.32. The molecule has 0 atom stereocenters. The van der Waals surface area contributed by atoms with Crippen LogP contribution in [-0.2, 0) is 4.79 Å². The van der Waals surface area contributed by atoms with Crippen molar-refractivity contribution in [1.29, 1.82) is 0 Å². The number of aromatic amines is 2. The molecule has 0 bridgehead atoms. The molecule has 184 valence electrons. The summed E-state index contributed by atoms with van der Waals surface area (Å²) in [6.45, 7) is 7.57. The van der Waals surface area contributed by atoms with Crippen molar-refractivity contribution in [3.05, 3.63) is 67.4 Å². The summed E-state index contributed by atoms with van der Waals surface area (Å²) >= 11 is 0. The smallest absolute Gasteiger partial charge is 0.229 e. The summed E-state index contributed by atoms with van der Waals surface area (Å²) in [4.78, 5) is 33.5. The largest absolute Gasteiger partial charge is 0.352 e. The molecule has 10 nitrogen and oxygen atoms in total. The van der Waals surface area contributed by atoms with Crippen LogP contribution in [0.25, 0.3) is 50.1 Å². The molecule has 6 aromatic rings. The van der Waals surface area contributed by atoms with Crippen LogP contribution in [-0.4, -0.2) is 45.6 Å². The van der Waals surface area contributed by atoms with E-state index in [9.17, 15) is 4.79 Å². The molecule has 0 saturated carbocycles. The quantitative estimate of drug-likeness (QED) is 0.317. The Labute approximate surface area is 212 Å². The number of hydrogen-bond donors (Lipinski definition) is 3. The number of nitrogens with zero attached hydrogens (tertiary/aromatic N) is 6. The van der Waals surface area contributed by atoms with E-state index < -0.39 is 5.41 Å². The Morgan fingerprint density at radius 1 is 0.946 bits per heavy atom. The molecular formula is C27H25N9O. The third-order valence-electron chi connectivity index (χ3n) is 6.20. The molecule has 0 saturated heterocycles. The molecule has 0 aliphatic carbocycles. The summed E-state index contributed by atoms with van der Waals surface area (Å²) in [5.74, 6) is -0.0735. The molecule has 0 unspecified atom stereocenters. The number of rotatable bonds is 4. The number of anilines is 1. The minimum Gasteiger partial charge on any atom is -0.352 e. The zero-order chi connectivity index (χ0) is 25.7. The van der Waals surface area contributed by atoms with Crippen molar-refractivity contribution >= 4 is 33.5 Å².